The van der Waals surface area contributed by atoms with Crippen molar-refractivity contribution in [2.75, 3.05) is 20.2 Å². The first-order valence-corrected chi connectivity index (χ1v) is 10.3. The summed E-state index contributed by atoms with van der Waals surface area (Å²) in [6.45, 7) is -3.45. The van der Waals surface area contributed by atoms with Gasteiger partial charge in [-0.3, -0.25) is 19.3 Å². The van der Waals surface area contributed by atoms with Crippen LogP contribution in [0.3, 0.4) is 0 Å². The lowest BCUT2D eigenvalue weighted by Crippen LogP contribution is -2.38. The van der Waals surface area contributed by atoms with Gasteiger partial charge >= 0.3 is 12.4 Å². The number of ether oxygens (including phenoxy) is 2. The maximum absolute atomic E-state index is 12.6. The zero-order chi connectivity index (χ0) is 24.8. The number of hydrogen-bond acceptors (Lipinski definition) is 9. The van der Waals surface area contributed by atoms with Gasteiger partial charge in [-0.15, -0.1) is 0 Å². The van der Waals surface area contributed by atoms with Gasteiger partial charge in [0.25, 0.3) is 11.1 Å². The zero-order valence-corrected chi connectivity index (χ0v) is 18.3. The van der Waals surface area contributed by atoms with Crippen molar-refractivity contribution >= 4 is 40.7 Å². The minimum absolute atomic E-state index is 0.0264. The number of halogens is 2. The second kappa shape index (κ2) is 10.7. The first-order valence-electron chi connectivity index (χ1n) is 9.50. The molecule has 0 atom stereocenters. The van der Waals surface area contributed by atoms with Gasteiger partial charge in [0.05, 0.1) is 29.4 Å². The number of rotatable bonds is 10. The summed E-state index contributed by atoms with van der Waals surface area (Å²) in [4.78, 5) is 47.8. The first kappa shape index (κ1) is 24.6. The van der Waals surface area contributed by atoms with Gasteiger partial charge in [0.15, 0.2) is 11.5 Å². The van der Waals surface area contributed by atoms with E-state index in [0.29, 0.717) is 17.3 Å². The summed E-state index contributed by atoms with van der Waals surface area (Å²) in [5.41, 5.74) is 0.422. The van der Waals surface area contributed by atoms with Crippen LogP contribution in [0.2, 0.25) is 0 Å². The molecule has 12 nitrogen and oxygen atoms in total. The van der Waals surface area contributed by atoms with Crippen LogP contribution in [0.15, 0.2) is 35.4 Å². The highest BCUT2D eigenvalue weighted by atomic mass is 32.2. The second-order valence-electron chi connectivity index (χ2n) is 6.60. The van der Waals surface area contributed by atoms with Crippen LogP contribution in [0.25, 0.3) is 6.08 Å². The Kier molecular flexibility index (Phi) is 7.78. The van der Waals surface area contributed by atoms with Crippen molar-refractivity contribution in [3.05, 3.63) is 51.0 Å². The van der Waals surface area contributed by atoms with Gasteiger partial charge in [-0.05, 0) is 40.5 Å². The van der Waals surface area contributed by atoms with Gasteiger partial charge in [0, 0.05) is 13.1 Å². The molecule has 1 aliphatic rings. The molecule has 2 aromatic rings. The molecule has 3 amide bonds. The molecule has 0 aliphatic carbocycles. The highest BCUT2D eigenvalue weighted by molar-refractivity contribution is 8.18. The smallest absolute Gasteiger partial charge is 0.389 e. The van der Waals surface area contributed by atoms with Crippen LogP contribution in [0.4, 0.5) is 19.4 Å². The topological polar surface area (TPSA) is 146 Å². The summed E-state index contributed by atoms with van der Waals surface area (Å²) in [5, 5.41) is 16.2. The Morgan fingerprint density at radius 1 is 1.32 bits per heavy atom. The number of carbonyl (C=O) groups is 3. The van der Waals surface area contributed by atoms with Crippen LogP contribution in [0.5, 0.6) is 11.5 Å². The molecule has 1 N–H and O–H groups in total. The van der Waals surface area contributed by atoms with E-state index in [9.17, 15) is 33.3 Å². The quantitative estimate of drug-likeness (QED) is 0.297. The first-order chi connectivity index (χ1) is 16.2. The Hall–Kier alpha value is -4.01. The van der Waals surface area contributed by atoms with E-state index >= 15 is 0 Å². The number of methoxy groups -OCH3 is 1. The van der Waals surface area contributed by atoms with Crippen LogP contribution in [-0.2, 0) is 16.1 Å². The van der Waals surface area contributed by atoms with E-state index in [2.05, 4.69) is 15.2 Å². The molecular weight excluding hydrogens is 480 g/mol. The molecule has 1 aliphatic heterocycles. The average molecular weight is 497 g/mol. The Bertz CT molecular complexity index is 1150. The largest absolute Gasteiger partial charge is 0.493 e. The van der Waals surface area contributed by atoms with Gasteiger partial charge in [-0.2, -0.15) is 13.5 Å². The third-order valence-electron chi connectivity index (χ3n) is 4.35. The fraction of sp³-hybridized carbons (Fsp3) is 0.263. The predicted octanol–water partition coefficient (Wildman–Crippen LogP) is 2.25. The maximum Gasteiger partial charge on any atom is 0.389 e. The molecule has 0 unspecified atom stereocenters. The molecule has 1 fully saturated rings. The lowest BCUT2D eigenvalue weighted by Gasteiger charge is -2.12. The van der Waals surface area contributed by atoms with Gasteiger partial charge in [0.1, 0.15) is 6.54 Å². The summed E-state index contributed by atoms with van der Waals surface area (Å²) in [6.07, 6.45) is 2.68. The number of thioether (sulfide) groups is 1. The summed E-state index contributed by atoms with van der Waals surface area (Å²) in [5.74, 6) is -1.65. The number of nitro groups is 1. The normalized spacial score (nSPS) is 14.7. The molecule has 2 heterocycles. The molecule has 180 valence electrons. The fourth-order valence-electron chi connectivity index (χ4n) is 2.86. The van der Waals surface area contributed by atoms with Crippen molar-refractivity contribution in [2.24, 2.45) is 0 Å². The third kappa shape index (κ3) is 6.06. The van der Waals surface area contributed by atoms with E-state index in [1.165, 1.54) is 37.6 Å². The maximum atomic E-state index is 12.6. The summed E-state index contributed by atoms with van der Waals surface area (Å²) in [7, 11) is 1.27. The van der Waals surface area contributed by atoms with Gasteiger partial charge in [-0.1, -0.05) is 6.07 Å². The van der Waals surface area contributed by atoms with E-state index in [1.807, 2.05) is 0 Å². The number of hydrogen-bond donors (Lipinski definition) is 1. The van der Waals surface area contributed by atoms with E-state index in [0.717, 1.165) is 15.6 Å². The van der Waals surface area contributed by atoms with Crippen LogP contribution in [0, 0.1) is 10.1 Å². The molecule has 1 saturated heterocycles. The number of aromatic nitrogens is 2. The average Bonchev–Trinajstić information content (AvgIpc) is 3.34. The number of imide groups is 1. The molecule has 34 heavy (non-hydrogen) atoms. The van der Waals surface area contributed by atoms with Crippen molar-refractivity contribution in [1.29, 1.82) is 0 Å². The lowest BCUT2D eigenvalue weighted by molar-refractivity contribution is -0.389. The van der Waals surface area contributed by atoms with Gasteiger partial charge < -0.3 is 24.9 Å². The van der Waals surface area contributed by atoms with Crippen LogP contribution in [-0.4, -0.2) is 63.5 Å². The number of carbonyl (C=O) groups excluding carboxylic acids is 3. The molecule has 0 bridgehead atoms. The SMILES string of the molecule is COc1cc(/C=C2\SC(=O)N(CCNC(=O)Cn3ccc([N+](=O)[O-])n3)C2=O)ccc1OC(F)F. The molecule has 15 heteroatoms. The molecule has 3 rings (SSSR count). The molecule has 0 spiro atoms. The molecular formula is C19H17F2N5O7S. The van der Waals surface area contributed by atoms with E-state index < -0.39 is 34.4 Å². The number of alkyl halides is 2. The van der Waals surface area contributed by atoms with Crippen LogP contribution < -0.4 is 14.8 Å². The van der Waals surface area contributed by atoms with Crippen molar-refractivity contribution in [3.8, 4) is 11.5 Å². The van der Waals surface area contributed by atoms with Crippen molar-refractivity contribution in [3.63, 3.8) is 0 Å². The standard InChI is InChI=1S/C19H17F2N5O7S/c1-32-13-8-11(2-3-12(13)33-18(20)21)9-14-17(28)25(19(29)34-14)7-5-22-16(27)10-24-6-4-15(23-24)26(30)31/h2-4,6,8-9,18H,5,7,10H2,1H3,(H,22,27)/b14-9-. The summed E-state index contributed by atoms with van der Waals surface area (Å²) in [6, 6.07) is 5.21. The molecule has 0 saturated carbocycles. The van der Waals surface area contributed by atoms with E-state index in [4.69, 9.17) is 4.74 Å². The van der Waals surface area contributed by atoms with Gasteiger partial charge in [-0.25, -0.2) is 0 Å². The highest BCUT2D eigenvalue weighted by Gasteiger charge is 2.34. The Labute approximate surface area is 194 Å². The predicted molar refractivity (Wildman–Crippen MR) is 114 cm³/mol. The van der Waals surface area contributed by atoms with Crippen LogP contribution in [0.1, 0.15) is 5.56 Å². The fourth-order valence-corrected chi connectivity index (χ4v) is 3.72. The monoisotopic (exact) mass is 497 g/mol. The second-order valence-corrected chi connectivity index (χ2v) is 7.59. The Morgan fingerprint density at radius 2 is 2.09 bits per heavy atom. The molecule has 0 radical (unpaired) electrons. The molecule has 1 aromatic carbocycles. The van der Waals surface area contributed by atoms with Gasteiger partial charge in [0.2, 0.25) is 5.91 Å². The molecule has 1 aromatic heterocycles. The zero-order valence-electron chi connectivity index (χ0n) is 17.5. The van der Waals surface area contributed by atoms with Crippen molar-refractivity contribution in [2.45, 2.75) is 13.2 Å². The third-order valence-corrected chi connectivity index (χ3v) is 5.26. The minimum Gasteiger partial charge on any atom is -0.493 e. The van der Waals surface area contributed by atoms with E-state index in [1.54, 1.807) is 0 Å². The number of nitrogens with zero attached hydrogens (tertiary/aromatic N) is 4. The number of nitrogens with one attached hydrogen (secondary N) is 1. The van der Waals surface area contributed by atoms with E-state index in [-0.39, 0.29) is 36.0 Å². The summed E-state index contributed by atoms with van der Waals surface area (Å²) >= 11 is 0.688. The highest BCUT2D eigenvalue weighted by Crippen LogP contribution is 2.34. The number of benzene rings is 1. The van der Waals surface area contributed by atoms with Crippen molar-refractivity contribution in [1.82, 2.24) is 20.0 Å². The summed E-state index contributed by atoms with van der Waals surface area (Å²) < 4.78 is 35.4. The Morgan fingerprint density at radius 3 is 2.74 bits per heavy atom. The Balaban J connectivity index is 1.57. The van der Waals surface area contributed by atoms with Crippen LogP contribution >= 0.6 is 11.8 Å². The lowest BCUT2D eigenvalue weighted by atomic mass is 10.2. The van der Waals surface area contributed by atoms with Crippen molar-refractivity contribution < 1.29 is 37.6 Å². The minimum atomic E-state index is -3.03. The number of amides is 3.